The first-order valence-electron chi connectivity index (χ1n) is 5.54. The van der Waals surface area contributed by atoms with Crippen LogP contribution in [-0.2, 0) is 4.74 Å². The molecule has 1 unspecified atom stereocenters. The van der Waals surface area contributed by atoms with Gasteiger partial charge in [0.05, 0.1) is 6.61 Å². The lowest BCUT2D eigenvalue weighted by Crippen LogP contribution is -2.57. The summed E-state index contributed by atoms with van der Waals surface area (Å²) in [6.45, 7) is 7.85. The number of ether oxygens (including phenoxy) is 1. The fraction of sp³-hybridized carbons (Fsp3) is 1.00. The number of nitrogens with one attached hydrogen (secondary N) is 1. The third-order valence-electron chi connectivity index (χ3n) is 3.46. The molecule has 1 fully saturated rings. The highest BCUT2D eigenvalue weighted by atomic mass is 16.5. The summed E-state index contributed by atoms with van der Waals surface area (Å²) in [6.07, 6.45) is 2.68. The number of likely N-dealkylation sites (tertiary alicyclic amines) is 1. The zero-order valence-corrected chi connectivity index (χ0v) is 9.97. The second-order valence-electron chi connectivity index (χ2n) is 4.64. The molecular weight excluding hydrogens is 176 g/mol. The molecule has 1 heterocycles. The molecule has 0 radical (unpaired) electrons. The van der Waals surface area contributed by atoms with Crippen molar-refractivity contribution >= 4 is 0 Å². The highest BCUT2D eigenvalue weighted by Crippen LogP contribution is 2.24. The van der Waals surface area contributed by atoms with Crippen LogP contribution >= 0.6 is 0 Å². The molecule has 3 nitrogen and oxygen atoms in total. The first-order chi connectivity index (χ1) is 6.62. The van der Waals surface area contributed by atoms with Gasteiger partial charge in [0.2, 0.25) is 0 Å². The quantitative estimate of drug-likeness (QED) is 0.719. The lowest BCUT2D eigenvalue weighted by molar-refractivity contribution is 0.0590. The van der Waals surface area contributed by atoms with Gasteiger partial charge in [-0.1, -0.05) is 0 Å². The molecule has 84 valence electrons. The number of nitrogens with zero attached hydrogens (tertiary/aromatic N) is 1. The van der Waals surface area contributed by atoms with Crippen molar-refractivity contribution in [3.8, 4) is 0 Å². The van der Waals surface area contributed by atoms with E-state index in [9.17, 15) is 0 Å². The first kappa shape index (κ1) is 12.0. The minimum atomic E-state index is 0.196. The van der Waals surface area contributed by atoms with Crippen LogP contribution in [0.5, 0.6) is 0 Å². The molecule has 1 aliphatic heterocycles. The van der Waals surface area contributed by atoms with E-state index in [-0.39, 0.29) is 5.54 Å². The van der Waals surface area contributed by atoms with Crippen LogP contribution in [0, 0.1) is 0 Å². The van der Waals surface area contributed by atoms with Gasteiger partial charge in [0.15, 0.2) is 0 Å². The second-order valence-corrected chi connectivity index (χ2v) is 4.64. The van der Waals surface area contributed by atoms with Gasteiger partial charge < -0.3 is 10.1 Å². The van der Waals surface area contributed by atoms with Crippen molar-refractivity contribution in [3.05, 3.63) is 0 Å². The molecule has 0 aliphatic carbocycles. The average molecular weight is 200 g/mol. The van der Waals surface area contributed by atoms with E-state index in [1.807, 2.05) is 7.05 Å². The number of methoxy groups -OCH3 is 1. The van der Waals surface area contributed by atoms with Crippen molar-refractivity contribution in [2.24, 2.45) is 0 Å². The van der Waals surface area contributed by atoms with Crippen LogP contribution in [0.1, 0.15) is 26.7 Å². The fourth-order valence-corrected chi connectivity index (χ4v) is 2.32. The van der Waals surface area contributed by atoms with Crippen LogP contribution in [0.2, 0.25) is 0 Å². The predicted molar refractivity (Wildman–Crippen MR) is 59.6 cm³/mol. The fourth-order valence-electron chi connectivity index (χ4n) is 2.32. The van der Waals surface area contributed by atoms with Gasteiger partial charge in [-0.25, -0.2) is 0 Å². The summed E-state index contributed by atoms with van der Waals surface area (Å²) < 4.78 is 5.25. The molecule has 0 spiro atoms. The molecule has 1 saturated heterocycles. The summed E-state index contributed by atoms with van der Waals surface area (Å²) >= 11 is 0. The Morgan fingerprint density at radius 1 is 1.36 bits per heavy atom. The molecule has 0 aromatic rings. The Balaban J connectivity index is 2.59. The summed E-state index contributed by atoms with van der Waals surface area (Å²) in [6, 6.07) is 0.408. The smallest absolute Gasteiger partial charge is 0.0633 e. The van der Waals surface area contributed by atoms with Crippen molar-refractivity contribution in [1.29, 1.82) is 0 Å². The molecule has 1 atom stereocenters. The van der Waals surface area contributed by atoms with Crippen molar-refractivity contribution < 1.29 is 4.74 Å². The van der Waals surface area contributed by atoms with Crippen LogP contribution in [0.4, 0.5) is 0 Å². The van der Waals surface area contributed by atoms with Crippen molar-refractivity contribution in [2.45, 2.75) is 38.3 Å². The van der Waals surface area contributed by atoms with Crippen molar-refractivity contribution in [3.63, 3.8) is 0 Å². The van der Waals surface area contributed by atoms with Gasteiger partial charge in [-0.3, -0.25) is 4.90 Å². The summed E-state index contributed by atoms with van der Waals surface area (Å²) in [5, 5.41) is 3.35. The lowest BCUT2D eigenvalue weighted by Gasteiger charge is -2.41. The second kappa shape index (κ2) is 5.10. The van der Waals surface area contributed by atoms with Gasteiger partial charge in [0.1, 0.15) is 0 Å². The largest absolute Gasteiger partial charge is 0.383 e. The van der Waals surface area contributed by atoms with Gasteiger partial charge >= 0.3 is 0 Å². The van der Waals surface area contributed by atoms with Gasteiger partial charge in [0.25, 0.3) is 0 Å². The highest BCUT2D eigenvalue weighted by molar-refractivity contribution is 4.94. The zero-order chi connectivity index (χ0) is 10.6. The van der Waals surface area contributed by atoms with Crippen molar-refractivity contribution in [1.82, 2.24) is 10.2 Å². The molecular formula is C11H24N2O. The van der Waals surface area contributed by atoms with E-state index < -0.39 is 0 Å². The maximum Gasteiger partial charge on any atom is 0.0633 e. The normalized spacial score (nSPS) is 21.4. The minimum Gasteiger partial charge on any atom is -0.383 e. The van der Waals surface area contributed by atoms with Gasteiger partial charge in [0, 0.05) is 18.7 Å². The molecule has 1 rings (SSSR count). The van der Waals surface area contributed by atoms with Gasteiger partial charge in [-0.05, 0) is 46.8 Å². The summed E-state index contributed by atoms with van der Waals surface area (Å²) in [5.41, 5.74) is 0.196. The van der Waals surface area contributed by atoms with E-state index in [0.717, 1.165) is 6.61 Å². The van der Waals surface area contributed by atoms with E-state index in [1.54, 1.807) is 7.11 Å². The SMILES string of the molecule is CNC(COC)C(C)(C)N1CCCC1. The van der Waals surface area contributed by atoms with E-state index in [1.165, 1.54) is 25.9 Å². The maximum absolute atomic E-state index is 5.25. The van der Waals surface area contributed by atoms with Crippen LogP contribution in [0.3, 0.4) is 0 Å². The van der Waals surface area contributed by atoms with E-state index in [2.05, 4.69) is 24.1 Å². The molecule has 1 aliphatic rings. The number of rotatable bonds is 5. The topological polar surface area (TPSA) is 24.5 Å². The number of hydrogen-bond donors (Lipinski definition) is 1. The highest BCUT2D eigenvalue weighted by Gasteiger charge is 2.35. The summed E-state index contributed by atoms with van der Waals surface area (Å²) in [4.78, 5) is 2.56. The molecule has 0 aromatic heterocycles. The van der Waals surface area contributed by atoms with Crippen molar-refractivity contribution in [2.75, 3.05) is 33.9 Å². The number of likely N-dealkylation sites (N-methyl/N-ethyl adjacent to an activating group) is 1. The third kappa shape index (κ3) is 2.47. The van der Waals surface area contributed by atoms with E-state index in [0.29, 0.717) is 6.04 Å². The molecule has 0 amide bonds. The summed E-state index contributed by atoms with van der Waals surface area (Å²) in [5.74, 6) is 0. The molecule has 0 saturated carbocycles. The van der Waals surface area contributed by atoms with Crippen LogP contribution in [0.15, 0.2) is 0 Å². The van der Waals surface area contributed by atoms with Crippen LogP contribution in [0.25, 0.3) is 0 Å². The van der Waals surface area contributed by atoms with Gasteiger partial charge in [-0.2, -0.15) is 0 Å². The predicted octanol–water partition coefficient (Wildman–Crippen LogP) is 1.10. The Morgan fingerprint density at radius 2 is 1.93 bits per heavy atom. The zero-order valence-electron chi connectivity index (χ0n) is 9.97. The summed E-state index contributed by atoms with van der Waals surface area (Å²) in [7, 11) is 3.78. The lowest BCUT2D eigenvalue weighted by atomic mass is 9.93. The monoisotopic (exact) mass is 200 g/mol. The first-order valence-corrected chi connectivity index (χ1v) is 5.54. The van der Waals surface area contributed by atoms with E-state index >= 15 is 0 Å². The van der Waals surface area contributed by atoms with E-state index in [4.69, 9.17) is 4.74 Å². The Labute approximate surface area is 87.8 Å². The molecule has 0 bridgehead atoms. The third-order valence-corrected chi connectivity index (χ3v) is 3.46. The Kier molecular flexibility index (Phi) is 4.35. The molecule has 0 aromatic carbocycles. The molecule has 14 heavy (non-hydrogen) atoms. The number of hydrogen-bond acceptors (Lipinski definition) is 3. The average Bonchev–Trinajstić information content (AvgIpc) is 2.66. The van der Waals surface area contributed by atoms with Crippen LogP contribution < -0.4 is 5.32 Å². The molecule has 1 N–H and O–H groups in total. The van der Waals surface area contributed by atoms with Crippen LogP contribution in [-0.4, -0.2) is 50.3 Å². The standard InChI is InChI=1S/C11H24N2O/c1-11(2,10(12-3)9-14-4)13-7-5-6-8-13/h10,12H,5-9H2,1-4H3. The van der Waals surface area contributed by atoms with Gasteiger partial charge in [-0.15, -0.1) is 0 Å². The Hall–Kier alpha value is -0.120. The Morgan fingerprint density at radius 3 is 2.36 bits per heavy atom. The molecule has 3 heteroatoms. The minimum absolute atomic E-state index is 0.196. The maximum atomic E-state index is 5.25. The Bertz CT molecular complexity index is 165.